The molecule has 1 saturated carbocycles. The predicted molar refractivity (Wildman–Crippen MR) is 93.5 cm³/mol. The third kappa shape index (κ3) is 3.32. The van der Waals surface area contributed by atoms with Gasteiger partial charge in [-0.05, 0) is 31.9 Å². The number of imidazole rings is 1. The molecule has 0 atom stereocenters. The number of rotatable bonds is 3. The first-order valence-electron chi connectivity index (χ1n) is 8.19. The van der Waals surface area contributed by atoms with Gasteiger partial charge in [0.2, 0.25) is 5.95 Å². The summed E-state index contributed by atoms with van der Waals surface area (Å²) in [5.74, 6) is 0.356. The van der Waals surface area contributed by atoms with Gasteiger partial charge in [-0.25, -0.2) is 4.98 Å². The molecule has 1 aliphatic carbocycles. The lowest BCUT2D eigenvalue weighted by atomic mass is 9.77. The van der Waals surface area contributed by atoms with E-state index in [9.17, 15) is 18.3 Å². The van der Waals surface area contributed by atoms with Crippen LogP contribution in [-0.2, 0) is 6.18 Å². The molecule has 142 valence electrons. The smallest absolute Gasteiger partial charge is 0.390 e. The van der Waals surface area contributed by atoms with Crippen LogP contribution < -0.4 is 5.32 Å². The largest absolute Gasteiger partial charge is 0.417 e. The minimum Gasteiger partial charge on any atom is -0.390 e. The number of anilines is 1. The molecule has 1 aromatic carbocycles. The van der Waals surface area contributed by atoms with Gasteiger partial charge >= 0.3 is 6.18 Å². The summed E-state index contributed by atoms with van der Waals surface area (Å²) >= 11 is 5.75. The summed E-state index contributed by atoms with van der Waals surface area (Å²) in [5, 5.41) is 21.0. The molecular formula is C17H15ClF3N5O. The SMILES string of the molecule is CC1(O)CC(Nc2nnc(-c3ccc(Cl)cc3C(F)(F)F)c3cncn23)C1. The van der Waals surface area contributed by atoms with Gasteiger partial charge in [0.25, 0.3) is 0 Å². The summed E-state index contributed by atoms with van der Waals surface area (Å²) in [5.41, 5.74) is -1.29. The number of hydrogen-bond acceptors (Lipinski definition) is 5. The number of nitrogens with one attached hydrogen (secondary N) is 1. The maximum atomic E-state index is 13.5. The van der Waals surface area contributed by atoms with Crippen molar-refractivity contribution in [2.24, 2.45) is 0 Å². The van der Waals surface area contributed by atoms with Gasteiger partial charge in [0.1, 0.15) is 12.0 Å². The standard InChI is InChI=1S/C17H15ClF3N5O/c1-16(27)5-10(6-16)23-15-25-24-14(13-7-22-8-26(13)15)11-3-2-9(18)4-12(11)17(19,20)21/h2-4,7-8,10,27H,5-6H2,1H3,(H,23,25). The minimum absolute atomic E-state index is 0.00650. The zero-order valence-electron chi connectivity index (χ0n) is 14.1. The second-order valence-electron chi connectivity index (χ2n) is 6.96. The molecule has 1 fully saturated rings. The van der Waals surface area contributed by atoms with Crippen LogP contribution in [0.15, 0.2) is 30.7 Å². The first-order valence-corrected chi connectivity index (χ1v) is 8.57. The summed E-state index contributed by atoms with van der Waals surface area (Å²) in [6.07, 6.45) is -0.617. The van der Waals surface area contributed by atoms with Crippen molar-refractivity contribution in [2.45, 2.75) is 37.6 Å². The van der Waals surface area contributed by atoms with Crippen molar-refractivity contribution in [3.05, 3.63) is 41.3 Å². The van der Waals surface area contributed by atoms with E-state index in [4.69, 9.17) is 11.6 Å². The summed E-state index contributed by atoms with van der Waals surface area (Å²) < 4.78 is 41.9. The van der Waals surface area contributed by atoms with Crippen LogP contribution in [0.5, 0.6) is 0 Å². The quantitative estimate of drug-likeness (QED) is 0.703. The molecule has 3 aromatic rings. The molecule has 0 radical (unpaired) electrons. The fraction of sp³-hybridized carbons (Fsp3) is 0.353. The topological polar surface area (TPSA) is 75.3 Å². The fourth-order valence-corrected chi connectivity index (χ4v) is 3.54. The van der Waals surface area contributed by atoms with Gasteiger partial charge in [-0.3, -0.25) is 4.40 Å². The highest BCUT2D eigenvalue weighted by Crippen LogP contribution is 2.39. The zero-order chi connectivity index (χ0) is 19.4. The number of halogens is 4. The Kier molecular flexibility index (Phi) is 4.04. The molecule has 0 spiro atoms. The van der Waals surface area contributed by atoms with Crippen molar-refractivity contribution in [2.75, 3.05) is 5.32 Å². The average Bonchev–Trinajstić information content (AvgIpc) is 3.03. The Morgan fingerprint density at radius 1 is 1.30 bits per heavy atom. The Morgan fingerprint density at radius 3 is 2.70 bits per heavy atom. The number of alkyl halides is 3. The second-order valence-corrected chi connectivity index (χ2v) is 7.39. The maximum Gasteiger partial charge on any atom is 0.417 e. The highest BCUT2D eigenvalue weighted by molar-refractivity contribution is 6.30. The summed E-state index contributed by atoms with van der Waals surface area (Å²) in [6, 6.07) is 3.53. The molecule has 27 heavy (non-hydrogen) atoms. The summed E-state index contributed by atoms with van der Waals surface area (Å²) in [4.78, 5) is 4.02. The lowest BCUT2D eigenvalue weighted by molar-refractivity contribution is -0.137. The Labute approximate surface area is 157 Å². The molecule has 6 nitrogen and oxygen atoms in total. The fourth-order valence-electron chi connectivity index (χ4n) is 3.37. The summed E-state index contributed by atoms with van der Waals surface area (Å²) in [7, 11) is 0. The number of nitrogens with zero attached hydrogens (tertiary/aromatic N) is 4. The van der Waals surface area contributed by atoms with E-state index in [1.54, 1.807) is 11.3 Å². The Morgan fingerprint density at radius 2 is 2.04 bits per heavy atom. The third-order valence-corrected chi connectivity index (χ3v) is 4.84. The van der Waals surface area contributed by atoms with E-state index in [0.717, 1.165) is 6.07 Å². The zero-order valence-corrected chi connectivity index (χ0v) is 14.9. The monoisotopic (exact) mass is 397 g/mol. The van der Waals surface area contributed by atoms with Crippen LogP contribution in [0.1, 0.15) is 25.3 Å². The lowest BCUT2D eigenvalue weighted by Crippen LogP contribution is -2.48. The molecule has 0 saturated heterocycles. The van der Waals surface area contributed by atoms with E-state index in [2.05, 4.69) is 20.5 Å². The normalized spacial score (nSPS) is 22.7. The van der Waals surface area contributed by atoms with Crippen LogP contribution in [0.4, 0.5) is 19.1 Å². The number of aliphatic hydroxyl groups is 1. The minimum atomic E-state index is -4.59. The second kappa shape index (κ2) is 6.07. The van der Waals surface area contributed by atoms with Crippen molar-refractivity contribution < 1.29 is 18.3 Å². The Hall–Kier alpha value is -2.39. The highest BCUT2D eigenvalue weighted by Gasteiger charge is 2.39. The van der Waals surface area contributed by atoms with Crippen LogP contribution >= 0.6 is 11.6 Å². The van der Waals surface area contributed by atoms with Crippen LogP contribution in [0, 0.1) is 0 Å². The van der Waals surface area contributed by atoms with E-state index in [0.29, 0.717) is 24.3 Å². The van der Waals surface area contributed by atoms with Crippen molar-refractivity contribution >= 4 is 23.1 Å². The van der Waals surface area contributed by atoms with E-state index in [1.165, 1.54) is 24.7 Å². The first kappa shape index (κ1) is 18.0. The molecule has 4 rings (SSSR count). The van der Waals surface area contributed by atoms with Gasteiger partial charge < -0.3 is 10.4 Å². The number of aromatic nitrogens is 4. The van der Waals surface area contributed by atoms with Crippen LogP contribution in [0.3, 0.4) is 0 Å². The highest BCUT2D eigenvalue weighted by atomic mass is 35.5. The van der Waals surface area contributed by atoms with Crippen molar-refractivity contribution in [1.29, 1.82) is 0 Å². The van der Waals surface area contributed by atoms with Crippen LogP contribution in [0.25, 0.3) is 16.8 Å². The van der Waals surface area contributed by atoms with Crippen molar-refractivity contribution in [3.63, 3.8) is 0 Å². The third-order valence-electron chi connectivity index (χ3n) is 4.60. The molecule has 10 heteroatoms. The van der Waals surface area contributed by atoms with Crippen molar-refractivity contribution in [1.82, 2.24) is 19.6 Å². The van der Waals surface area contributed by atoms with Crippen molar-refractivity contribution in [3.8, 4) is 11.3 Å². The molecule has 1 aliphatic rings. The molecular weight excluding hydrogens is 383 g/mol. The van der Waals surface area contributed by atoms with E-state index in [-0.39, 0.29) is 22.3 Å². The molecule has 2 aromatic heterocycles. The van der Waals surface area contributed by atoms with E-state index < -0.39 is 17.3 Å². The molecule has 0 aliphatic heterocycles. The average molecular weight is 398 g/mol. The molecule has 0 unspecified atom stereocenters. The summed E-state index contributed by atoms with van der Waals surface area (Å²) in [6.45, 7) is 1.74. The molecule has 0 amide bonds. The van der Waals surface area contributed by atoms with Gasteiger partial charge in [-0.15, -0.1) is 10.2 Å². The molecule has 0 bridgehead atoms. The Balaban J connectivity index is 1.77. The number of hydrogen-bond donors (Lipinski definition) is 2. The first-order chi connectivity index (χ1) is 12.6. The van der Waals surface area contributed by atoms with Gasteiger partial charge in [0, 0.05) is 16.6 Å². The maximum absolute atomic E-state index is 13.5. The van der Waals surface area contributed by atoms with Crippen LogP contribution in [0.2, 0.25) is 5.02 Å². The van der Waals surface area contributed by atoms with E-state index in [1.807, 2.05) is 0 Å². The molecule has 2 heterocycles. The number of benzene rings is 1. The van der Waals surface area contributed by atoms with Gasteiger partial charge in [-0.2, -0.15) is 13.2 Å². The van der Waals surface area contributed by atoms with Crippen LogP contribution in [-0.4, -0.2) is 36.3 Å². The lowest BCUT2D eigenvalue weighted by Gasteiger charge is -2.41. The predicted octanol–water partition coefficient (Wildman–Crippen LogP) is 3.79. The number of fused-ring (bicyclic) bond motifs is 1. The van der Waals surface area contributed by atoms with E-state index >= 15 is 0 Å². The molecule has 2 N–H and O–H groups in total. The Bertz CT molecular complexity index is 1010. The van der Waals surface area contributed by atoms with Gasteiger partial charge in [-0.1, -0.05) is 17.7 Å². The van der Waals surface area contributed by atoms with Gasteiger partial charge in [0.05, 0.1) is 22.9 Å². The van der Waals surface area contributed by atoms with Gasteiger partial charge in [0.15, 0.2) is 0 Å².